The number of nitrogens with zero attached hydrogens (tertiary/aromatic N) is 2. The first-order chi connectivity index (χ1) is 13.5. The Morgan fingerprint density at radius 3 is 2.71 bits per heavy atom. The Bertz CT molecular complexity index is 1080. The van der Waals surface area contributed by atoms with Crippen molar-refractivity contribution in [3.05, 3.63) is 81.3 Å². The molecule has 1 aromatic heterocycles. The number of allylic oxidation sites excluding steroid dienone is 3. The summed E-state index contributed by atoms with van der Waals surface area (Å²) in [5.74, 6) is 1.88. The number of fused-ring (bicyclic) bond motifs is 1. The first-order valence-electron chi connectivity index (χ1n) is 9.53. The number of nitrogens with one attached hydrogen (secondary N) is 1. The molecule has 2 aromatic carbocycles. The normalized spacial score (nSPS) is 19.6. The van der Waals surface area contributed by atoms with Crippen LogP contribution in [0.15, 0.2) is 64.3 Å². The molecule has 0 fully saturated rings. The molecule has 3 aromatic rings. The van der Waals surface area contributed by atoms with Crippen molar-refractivity contribution in [1.29, 1.82) is 0 Å². The van der Waals surface area contributed by atoms with E-state index >= 15 is 0 Å². The summed E-state index contributed by atoms with van der Waals surface area (Å²) in [4.78, 5) is 10.6. The maximum absolute atomic E-state index is 5.75. The van der Waals surface area contributed by atoms with Gasteiger partial charge in [-0.05, 0) is 72.0 Å². The summed E-state index contributed by atoms with van der Waals surface area (Å²) < 4.78 is 3.27. The fourth-order valence-electron chi connectivity index (χ4n) is 3.78. The lowest BCUT2D eigenvalue weighted by atomic mass is 9.96. The number of hydrogen-bond donors (Lipinski definition) is 1. The second kappa shape index (κ2) is 7.94. The van der Waals surface area contributed by atoms with Crippen LogP contribution in [0.25, 0.3) is 16.6 Å². The summed E-state index contributed by atoms with van der Waals surface area (Å²) in [5.41, 5.74) is 9.88. The van der Waals surface area contributed by atoms with Crippen molar-refractivity contribution in [1.82, 2.24) is 15.0 Å². The van der Waals surface area contributed by atoms with Crippen LogP contribution >= 0.6 is 15.9 Å². The standard InChI is InChI=1S/C23H24BrN3O/c1-15-8-7-11-25-28-16(2)22(15)19-12-20(24)23-21(13-19)27(17(3)26-23)14-18-9-5-4-6-10-18/h4-6,8-10,12-13,25H,7,11,14H2,1-3H3/b15-8+,22-16+. The van der Waals surface area contributed by atoms with E-state index in [1.165, 1.54) is 11.1 Å². The topological polar surface area (TPSA) is 39.1 Å². The summed E-state index contributed by atoms with van der Waals surface area (Å²) in [6, 6.07) is 14.9. The number of benzene rings is 2. The number of halogens is 1. The molecule has 0 saturated heterocycles. The Kier molecular flexibility index (Phi) is 5.38. The maximum Gasteiger partial charge on any atom is 0.129 e. The van der Waals surface area contributed by atoms with E-state index in [0.29, 0.717) is 0 Å². The van der Waals surface area contributed by atoms with Crippen molar-refractivity contribution in [3.63, 3.8) is 0 Å². The summed E-state index contributed by atoms with van der Waals surface area (Å²) in [6.07, 6.45) is 3.20. The summed E-state index contributed by atoms with van der Waals surface area (Å²) in [5, 5.41) is 0. The largest absolute Gasteiger partial charge is 0.413 e. The number of imidazole rings is 1. The maximum atomic E-state index is 5.75. The van der Waals surface area contributed by atoms with E-state index in [4.69, 9.17) is 9.82 Å². The van der Waals surface area contributed by atoms with Crippen LogP contribution in [0.1, 0.15) is 37.2 Å². The average molecular weight is 438 g/mol. The lowest BCUT2D eigenvalue weighted by Crippen LogP contribution is -2.17. The molecule has 0 atom stereocenters. The van der Waals surface area contributed by atoms with Gasteiger partial charge in [-0.3, -0.25) is 0 Å². The number of aryl methyl sites for hydroxylation is 1. The quantitative estimate of drug-likeness (QED) is 0.565. The predicted octanol–water partition coefficient (Wildman–Crippen LogP) is 5.76. The minimum atomic E-state index is 0.796. The van der Waals surface area contributed by atoms with Crippen molar-refractivity contribution < 1.29 is 4.84 Å². The first kappa shape index (κ1) is 19.0. The van der Waals surface area contributed by atoms with Gasteiger partial charge in [0.15, 0.2) is 0 Å². The van der Waals surface area contributed by atoms with Gasteiger partial charge in [-0.1, -0.05) is 36.4 Å². The molecule has 0 aliphatic carbocycles. The van der Waals surface area contributed by atoms with Crippen LogP contribution in [0.3, 0.4) is 0 Å². The lowest BCUT2D eigenvalue weighted by Gasteiger charge is -2.18. The highest BCUT2D eigenvalue weighted by Gasteiger charge is 2.17. The van der Waals surface area contributed by atoms with Crippen molar-refractivity contribution in [2.75, 3.05) is 6.54 Å². The Balaban J connectivity index is 1.87. The molecule has 1 N–H and O–H groups in total. The number of hydroxylamine groups is 1. The predicted molar refractivity (Wildman–Crippen MR) is 118 cm³/mol. The van der Waals surface area contributed by atoms with Gasteiger partial charge in [-0.15, -0.1) is 0 Å². The van der Waals surface area contributed by atoms with Gasteiger partial charge in [0, 0.05) is 23.1 Å². The van der Waals surface area contributed by atoms with Gasteiger partial charge in [-0.25, -0.2) is 4.98 Å². The number of aromatic nitrogens is 2. The summed E-state index contributed by atoms with van der Waals surface area (Å²) in [7, 11) is 0. The van der Waals surface area contributed by atoms with Crippen LogP contribution in [0.5, 0.6) is 0 Å². The minimum Gasteiger partial charge on any atom is -0.413 e. The van der Waals surface area contributed by atoms with Gasteiger partial charge in [0.05, 0.1) is 5.52 Å². The monoisotopic (exact) mass is 437 g/mol. The van der Waals surface area contributed by atoms with Crippen LogP contribution < -0.4 is 5.48 Å². The molecular formula is C23H24BrN3O. The lowest BCUT2D eigenvalue weighted by molar-refractivity contribution is 0.109. The Labute approximate surface area is 174 Å². The van der Waals surface area contributed by atoms with E-state index in [-0.39, 0.29) is 0 Å². The molecule has 5 heteroatoms. The van der Waals surface area contributed by atoms with E-state index in [2.05, 4.69) is 82.3 Å². The molecule has 0 amide bonds. The third-order valence-electron chi connectivity index (χ3n) is 5.14. The van der Waals surface area contributed by atoms with Gasteiger partial charge < -0.3 is 9.40 Å². The number of rotatable bonds is 3. The second-order valence-corrected chi connectivity index (χ2v) is 8.01. The molecule has 1 aliphatic heterocycles. The Morgan fingerprint density at radius 1 is 1.14 bits per heavy atom. The average Bonchev–Trinajstić information content (AvgIpc) is 2.98. The van der Waals surface area contributed by atoms with E-state index < -0.39 is 0 Å². The molecule has 0 radical (unpaired) electrons. The highest BCUT2D eigenvalue weighted by atomic mass is 79.9. The third-order valence-corrected chi connectivity index (χ3v) is 5.74. The molecule has 4 rings (SSSR count). The number of hydrogen-bond acceptors (Lipinski definition) is 3. The van der Waals surface area contributed by atoms with E-state index in [0.717, 1.165) is 57.7 Å². The zero-order valence-corrected chi connectivity index (χ0v) is 18.0. The zero-order valence-electron chi connectivity index (χ0n) is 16.4. The highest BCUT2D eigenvalue weighted by Crippen LogP contribution is 2.34. The molecule has 4 nitrogen and oxygen atoms in total. The second-order valence-electron chi connectivity index (χ2n) is 7.16. The van der Waals surface area contributed by atoms with Gasteiger partial charge in [0.25, 0.3) is 0 Å². The van der Waals surface area contributed by atoms with Crippen LogP contribution in [-0.2, 0) is 11.4 Å². The van der Waals surface area contributed by atoms with Gasteiger partial charge >= 0.3 is 0 Å². The van der Waals surface area contributed by atoms with E-state index in [1.54, 1.807) is 0 Å². The van der Waals surface area contributed by atoms with Crippen LogP contribution in [0.2, 0.25) is 0 Å². The first-order valence-corrected chi connectivity index (χ1v) is 10.3. The molecule has 0 spiro atoms. The molecule has 28 heavy (non-hydrogen) atoms. The van der Waals surface area contributed by atoms with Crippen molar-refractivity contribution in [2.24, 2.45) is 0 Å². The molecular weight excluding hydrogens is 414 g/mol. The van der Waals surface area contributed by atoms with E-state index in [1.807, 2.05) is 13.0 Å². The van der Waals surface area contributed by atoms with Crippen molar-refractivity contribution in [2.45, 2.75) is 33.7 Å². The van der Waals surface area contributed by atoms with Crippen molar-refractivity contribution in [3.8, 4) is 0 Å². The molecule has 144 valence electrons. The molecule has 0 unspecified atom stereocenters. The Hall–Kier alpha value is -2.37. The highest BCUT2D eigenvalue weighted by molar-refractivity contribution is 9.10. The van der Waals surface area contributed by atoms with Crippen molar-refractivity contribution >= 4 is 32.5 Å². The fraction of sp³-hybridized carbons (Fsp3) is 0.261. The fourth-order valence-corrected chi connectivity index (χ4v) is 4.31. The molecule has 0 saturated carbocycles. The van der Waals surface area contributed by atoms with Crippen LogP contribution in [0.4, 0.5) is 0 Å². The van der Waals surface area contributed by atoms with Gasteiger partial charge in [0.2, 0.25) is 0 Å². The SMILES string of the molecule is CC1=C\CCNO/C(C)=C\1c1cc(Br)c2nc(C)n(Cc3ccccc3)c2c1. The zero-order chi connectivity index (χ0) is 19.7. The van der Waals surface area contributed by atoms with Gasteiger partial charge in [-0.2, -0.15) is 5.48 Å². The Morgan fingerprint density at radius 2 is 1.93 bits per heavy atom. The smallest absolute Gasteiger partial charge is 0.129 e. The van der Waals surface area contributed by atoms with Crippen LogP contribution in [0, 0.1) is 6.92 Å². The summed E-state index contributed by atoms with van der Waals surface area (Å²) in [6.45, 7) is 7.83. The van der Waals surface area contributed by atoms with Crippen LogP contribution in [-0.4, -0.2) is 16.1 Å². The van der Waals surface area contributed by atoms with Gasteiger partial charge in [0.1, 0.15) is 17.1 Å². The molecule has 1 aliphatic rings. The third kappa shape index (κ3) is 3.64. The van der Waals surface area contributed by atoms with E-state index in [9.17, 15) is 0 Å². The molecule has 0 bridgehead atoms. The summed E-state index contributed by atoms with van der Waals surface area (Å²) >= 11 is 3.75. The minimum absolute atomic E-state index is 0.796. The molecule has 2 heterocycles.